The average Bonchev–Trinajstić information content (AvgIpc) is 2.76. The van der Waals surface area contributed by atoms with Crippen LogP contribution in [0.4, 0.5) is 0 Å². The molecule has 0 aliphatic rings. The molecule has 0 aliphatic carbocycles. The quantitative estimate of drug-likeness (QED) is 0.440. The van der Waals surface area contributed by atoms with Crippen molar-refractivity contribution in [2.24, 2.45) is 0 Å². The molecule has 82 valence electrons. The highest BCUT2D eigenvalue weighted by molar-refractivity contribution is 7.71. The number of carbonyl (C=O) groups is 1. The van der Waals surface area contributed by atoms with Crippen molar-refractivity contribution in [3.63, 3.8) is 0 Å². The van der Waals surface area contributed by atoms with Crippen LogP contribution >= 0.6 is 7.14 Å². The second-order valence-corrected chi connectivity index (χ2v) is 6.71. The fourth-order valence-corrected chi connectivity index (χ4v) is 3.00. The summed E-state index contributed by atoms with van der Waals surface area (Å²) in [5, 5.41) is 0. The van der Waals surface area contributed by atoms with Crippen molar-refractivity contribution in [3.05, 3.63) is 30.5 Å². The first kappa shape index (κ1) is 12.0. The normalized spacial score (nSPS) is 11.3. The van der Waals surface area contributed by atoms with Crippen LogP contribution in [-0.2, 0) is 4.57 Å². The van der Waals surface area contributed by atoms with Crippen LogP contribution < -0.4 is 5.50 Å². The molecule has 0 saturated carbocycles. The number of carbonyl (C=O) groups excluding carboxylic acids is 1. The van der Waals surface area contributed by atoms with Crippen LogP contribution in [0.25, 0.3) is 0 Å². The summed E-state index contributed by atoms with van der Waals surface area (Å²) in [6.07, 6.45) is 2.29. The molecule has 0 amide bonds. The molecule has 0 radical (unpaired) electrons. The molecule has 0 spiro atoms. The Morgan fingerprint density at radius 3 is 2.53 bits per heavy atom. The van der Waals surface area contributed by atoms with E-state index in [2.05, 4.69) is 6.58 Å². The van der Waals surface area contributed by atoms with Crippen molar-refractivity contribution in [3.8, 4) is 0 Å². The van der Waals surface area contributed by atoms with Gasteiger partial charge in [0.05, 0.1) is 0 Å². The highest BCUT2D eigenvalue weighted by atomic mass is 31.2. The topological polar surface area (TPSA) is 47.3 Å². The van der Waals surface area contributed by atoms with Crippen molar-refractivity contribution < 1.29 is 13.8 Å². The minimum absolute atomic E-state index is 0.210. The third-order valence-corrected chi connectivity index (χ3v) is 5.53. The number of hydrogen-bond acceptors (Lipinski definition) is 3. The van der Waals surface area contributed by atoms with E-state index < -0.39 is 7.14 Å². The first-order valence-corrected chi connectivity index (χ1v) is 7.00. The van der Waals surface area contributed by atoms with E-state index in [-0.39, 0.29) is 11.5 Å². The molecule has 1 aromatic rings. The number of hydrogen-bond donors (Lipinski definition) is 0. The molecule has 0 atom stereocenters. The molecular weight excluding hydrogens is 211 g/mol. The lowest BCUT2D eigenvalue weighted by Crippen LogP contribution is -2.06. The Morgan fingerprint density at radius 2 is 2.07 bits per heavy atom. The number of allylic oxidation sites excluding steroid dienone is 1. The number of furan rings is 1. The Kier molecular flexibility index (Phi) is 3.70. The van der Waals surface area contributed by atoms with Gasteiger partial charge in [0.2, 0.25) is 5.78 Å². The fourth-order valence-electron chi connectivity index (χ4n) is 1.31. The van der Waals surface area contributed by atoms with E-state index in [9.17, 15) is 9.36 Å². The highest BCUT2D eigenvalue weighted by Gasteiger charge is 2.24. The number of ketones is 1. The second-order valence-electron chi connectivity index (χ2n) is 3.23. The maximum absolute atomic E-state index is 12.2. The lowest BCUT2D eigenvalue weighted by molar-refractivity contribution is 0.102. The molecule has 0 bridgehead atoms. The van der Waals surface area contributed by atoms with Gasteiger partial charge in [0.25, 0.3) is 0 Å². The van der Waals surface area contributed by atoms with Crippen LogP contribution in [0.5, 0.6) is 0 Å². The molecular formula is C11H15O3P. The molecule has 0 aromatic carbocycles. The van der Waals surface area contributed by atoms with Gasteiger partial charge in [-0.15, -0.1) is 0 Å². The van der Waals surface area contributed by atoms with Crippen molar-refractivity contribution in [2.45, 2.75) is 13.8 Å². The van der Waals surface area contributed by atoms with Gasteiger partial charge < -0.3 is 8.98 Å². The van der Waals surface area contributed by atoms with Gasteiger partial charge in [-0.1, -0.05) is 20.4 Å². The molecule has 0 fully saturated rings. The number of rotatable bonds is 5. The van der Waals surface area contributed by atoms with Crippen molar-refractivity contribution >= 4 is 18.4 Å². The van der Waals surface area contributed by atoms with Gasteiger partial charge in [0, 0.05) is 12.3 Å². The predicted molar refractivity (Wildman–Crippen MR) is 61.6 cm³/mol. The summed E-state index contributed by atoms with van der Waals surface area (Å²) >= 11 is 0. The van der Waals surface area contributed by atoms with Gasteiger partial charge in [-0.25, -0.2) is 0 Å². The molecule has 1 rings (SSSR count). The summed E-state index contributed by atoms with van der Waals surface area (Å²) in [4.78, 5) is 11.2. The van der Waals surface area contributed by atoms with Crippen LogP contribution in [0.3, 0.4) is 0 Å². The Labute approximate surface area is 89.5 Å². The maximum atomic E-state index is 12.2. The molecule has 3 nitrogen and oxygen atoms in total. The van der Waals surface area contributed by atoms with Crippen LogP contribution in [-0.4, -0.2) is 18.1 Å². The molecule has 1 aromatic heterocycles. The zero-order chi connectivity index (χ0) is 11.5. The molecule has 0 N–H and O–H groups in total. The standard InChI is InChI=1S/C11H15O3P/c1-4-9(12)10-7-8-11(14-10)15(13,5-2)6-3/h4,7-8H,1,5-6H2,2-3H3. The SMILES string of the molecule is C=CC(=O)c1ccc(P(=O)(CC)CC)o1. The van der Waals surface area contributed by atoms with Crippen molar-refractivity contribution in [1.29, 1.82) is 0 Å². The van der Waals surface area contributed by atoms with Crippen LogP contribution in [0.15, 0.2) is 29.2 Å². The smallest absolute Gasteiger partial charge is 0.220 e. The Morgan fingerprint density at radius 1 is 1.47 bits per heavy atom. The summed E-state index contributed by atoms with van der Waals surface area (Å²) < 4.78 is 17.5. The van der Waals surface area contributed by atoms with Gasteiger partial charge in [0.1, 0.15) is 7.14 Å². The highest BCUT2D eigenvalue weighted by Crippen LogP contribution is 2.43. The van der Waals surface area contributed by atoms with Gasteiger partial charge in [0.15, 0.2) is 11.3 Å². The zero-order valence-electron chi connectivity index (χ0n) is 9.03. The van der Waals surface area contributed by atoms with Gasteiger partial charge >= 0.3 is 0 Å². The van der Waals surface area contributed by atoms with Crippen LogP contribution in [0.2, 0.25) is 0 Å². The maximum Gasteiger partial charge on any atom is 0.220 e. The first-order valence-electron chi connectivity index (χ1n) is 4.92. The molecule has 1 heterocycles. The van der Waals surface area contributed by atoms with Gasteiger partial charge in [-0.3, -0.25) is 4.79 Å². The Hall–Kier alpha value is -1.08. The molecule has 4 heteroatoms. The van der Waals surface area contributed by atoms with Crippen molar-refractivity contribution in [1.82, 2.24) is 0 Å². The third-order valence-electron chi connectivity index (χ3n) is 2.44. The lowest BCUT2D eigenvalue weighted by Gasteiger charge is -2.09. The summed E-state index contributed by atoms with van der Waals surface area (Å²) in [5.74, 6) is -0.0675. The van der Waals surface area contributed by atoms with Crippen LogP contribution in [0, 0.1) is 0 Å². The molecule has 15 heavy (non-hydrogen) atoms. The van der Waals surface area contributed by atoms with E-state index in [0.29, 0.717) is 17.8 Å². The van der Waals surface area contributed by atoms with E-state index in [4.69, 9.17) is 4.42 Å². The predicted octanol–water partition coefficient (Wildman–Crippen LogP) is 2.68. The van der Waals surface area contributed by atoms with E-state index >= 15 is 0 Å². The Bertz CT molecular complexity index is 409. The largest absolute Gasteiger partial charge is 0.450 e. The first-order chi connectivity index (χ1) is 7.07. The second kappa shape index (κ2) is 4.63. The van der Waals surface area contributed by atoms with Crippen LogP contribution in [0.1, 0.15) is 24.4 Å². The Balaban J connectivity index is 3.08. The van der Waals surface area contributed by atoms with E-state index in [1.807, 2.05) is 13.8 Å². The van der Waals surface area contributed by atoms with E-state index in [1.54, 1.807) is 12.1 Å². The van der Waals surface area contributed by atoms with Gasteiger partial charge in [-0.2, -0.15) is 0 Å². The molecule has 0 aliphatic heterocycles. The molecule has 0 unspecified atom stereocenters. The monoisotopic (exact) mass is 226 g/mol. The summed E-state index contributed by atoms with van der Waals surface area (Å²) in [6.45, 7) is 7.10. The minimum atomic E-state index is -2.42. The minimum Gasteiger partial charge on any atom is -0.450 e. The average molecular weight is 226 g/mol. The zero-order valence-corrected chi connectivity index (χ0v) is 9.92. The van der Waals surface area contributed by atoms with Gasteiger partial charge in [-0.05, 0) is 18.2 Å². The summed E-state index contributed by atoms with van der Waals surface area (Å²) in [7, 11) is -2.42. The van der Waals surface area contributed by atoms with Crippen molar-refractivity contribution in [2.75, 3.05) is 12.3 Å². The fraction of sp³-hybridized carbons (Fsp3) is 0.364. The summed E-state index contributed by atoms with van der Waals surface area (Å²) in [5.41, 5.74) is 0.442. The molecule has 0 saturated heterocycles. The lowest BCUT2D eigenvalue weighted by atomic mass is 10.3. The summed E-state index contributed by atoms with van der Waals surface area (Å²) in [6, 6.07) is 3.18. The third kappa shape index (κ3) is 2.29. The van der Waals surface area contributed by atoms with E-state index in [1.165, 1.54) is 6.08 Å². The van der Waals surface area contributed by atoms with E-state index in [0.717, 1.165) is 0 Å².